The Bertz CT molecular complexity index is 998. The number of hydrogen-bond acceptors (Lipinski definition) is 5. The van der Waals surface area contributed by atoms with E-state index in [2.05, 4.69) is 4.90 Å². The first-order valence-electron chi connectivity index (χ1n) is 10.5. The summed E-state index contributed by atoms with van der Waals surface area (Å²) in [7, 11) is -3.29. The number of carbonyl (C=O) groups is 1. The molecule has 0 aromatic heterocycles. The lowest BCUT2D eigenvalue weighted by atomic mass is 10.1. The number of rotatable bonds is 6. The molecular weight excluding hydrogens is 400 g/mol. The van der Waals surface area contributed by atoms with Crippen molar-refractivity contribution in [2.45, 2.75) is 36.6 Å². The second kappa shape index (κ2) is 8.78. The Morgan fingerprint density at radius 3 is 2.43 bits per heavy atom. The normalized spacial score (nSPS) is 19.9. The standard InChI is InChI=1S/C23H28N2O4S/c1-30(27,28)22-8-4-7-21(16-22)29-20-11-9-18(10-12-20)23(26)25-15-5-6-19(25)17-24-13-2-3-14-24/h4,7-12,16,19H,2-3,5-6,13-15,17H2,1H3. The highest BCUT2D eigenvalue weighted by molar-refractivity contribution is 7.90. The molecule has 2 saturated heterocycles. The van der Waals surface area contributed by atoms with Gasteiger partial charge in [-0.3, -0.25) is 4.79 Å². The van der Waals surface area contributed by atoms with E-state index in [9.17, 15) is 13.2 Å². The first kappa shape index (κ1) is 20.9. The van der Waals surface area contributed by atoms with Crippen LogP contribution in [0.2, 0.25) is 0 Å². The van der Waals surface area contributed by atoms with E-state index in [1.165, 1.54) is 25.2 Å². The van der Waals surface area contributed by atoms with Crippen LogP contribution in [-0.4, -0.2) is 62.6 Å². The summed E-state index contributed by atoms with van der Waals surface area (Å²) in [6.07, 6.45) is 5.81. The van der Waals surface area contributed by atoms with Crippen molar-refractivity contribution in [2.75, 3.05) is 32.4 Å². The fourth-order valence-corrected chi connectivity index (χ4v) is 4.95. The molecule has 0 radical (unpaired) electrons. The third-order valence-electron chi connectivity index (χ3n) is 5.88. The van der Waals surface area contributed by atoms with Gasteiger partial charge >= 0.3 is 0 Å². The van der Waals surface area contributed by atoms with Gasteiger partial charge in [0, 0.05) is 31.0 Å². The molecule has 1 amide bonds. The highest BCUT2D eigenvalue weighted by atomic mass is 32.2. The average molecular weight is 429 g/mol. The van der Waals surface area contributed by atoms with Crippen LogP contribution in [0.5, 0.6) is 11.5 Å². The van der Waals surface area contributed by atoms with Gasteiger partial charge in [0.1, 0.15) is 11.5 Å². The lowest BCUT2D eigenvalue weighted by Crippen LogP contribution is -2.42. The molecule has 160 valence electrons. The quantitative estimate of drug-likeness (QED) is 0.704. The maximum atomic E-state index is 13.1. The molecule has 2 aliphatic rings. The van der Waals surface area contributed by atoms with Crippen molar-refractivity contribution in [3.05, 3.63) is 54.1 Å². The molecule has 2 aliphatic heterocycles. The van der Waals surface area contributed by atoms with Crippen LogP contribution in [0.15, 0.2) is 53.4 Å². The van der Waals surface area contributed by atoms with Crippen LogP contribution in [0, 0.1) is 0 Å². The lowest BCUT2D eigenvalue weighted by Gasteiger charge is -2.28. The molecule has 0 bridgehead atoms. The molecule has 2 fully saturated rings. The third-order valence-corrected chi connectivity index (χ3v) is 6.99. The Morgan fingerprint density at radius 2 is 1.73 bits per heavy atom. The van der Waals surface area contributed by atoms with Crippen molar-refractivity contribution in [3.63, 3.8) is 0 Å². The minimum Gasteiger partial charge on any atom is -0.457 e. The number of benzene rings is 2. The van der Waals surface area contributed by atoms with Crippen molar-refractivity contribution in [3.8, 4) is 11.5 Å². The van der Waals surface area contributed by atoms with Gasteiger partial charge in [-0.05, 0) is 81.2 Å². The van der Waals surface area contributed by atoms with Gasteiger partial charge in [-0.2, -0.15) is 0 Å². The zero-order valence-electron chi connectivity index (χ0n) is 17.3. The van der Waals surface area contributed by atoms with Crippen LogP contribution in [0.1, 0.15) is 36.0 Å². The Hall–Kier alpha value is -2.38. The van der Waals surface area contributed by atoms with E-state index < -0.39 is 9.84 Å². The number of hydrogen-bond donors (Lipinski definition) is 0. The van der Waals surface area contributed by atoms with E-state index >= 15 is 0 Å². The molecular formula is C23H28N2O4S. The molecule has 7 heteroatoms. The van der Waals surface area contributed by atoms with Gasteiger partial charge < -0.3 is 14.5 Å². The van der Waals surface area contributed by atoms with Crippen molar-refractivity contribution < 1.29 is 17.9 Å². The molecule has 1 atom stereocenters. The number of ether oxygens (including phenoxy) is 1. The van der Waals surface area contributed by atoms with Gasteiger partial charge in [-0.25, -0.2) is 8.42 Å². The van der Waals surface area contributed by atoms with E-state index in [1.54, 1.807) is 42.5 Å². The molecule has 2 aromatic carbocycles. The summed E-state index contributed by atoms with van der Waals surface area (Å²) >= 11 is 0. The zero-order chi connectivity index (χ0) is 21.1. The highest BCUT2D eigenvalue weighted by Crippen LogP contribution is 2.26. The van der Waals surface area contributed by atoms with Crippen LogP contribution >= 0.6 is 0 Å². The summed E-state index contributed by atoms with van der Waals surface area (Å²) in [6.45, 7) is 4.08. The van der Waals surface area contributed by atoms with Gasteiger partial charge in [0.2, 0.25) is 0 Å². The highest BCUT2D eigenvalue weighted by Gasteiger charge is 2.31. The SMILES string of the molecule is CS(=O)(=O)c1cccc(Oc2ccc(C(=O)N3CCCC3CN3CCCC3)cc2)c1. The number of carbonyl (C=O) groups excluding carboxylic acids is 1. The fraction of sp³-hybridized carbons (Fsp3) is 0.435. The number of likely N-dealkylation sites (tertiary alicyclic amines) is 2. The van der Waals surface area contributed by atoms with Crippen molar-refractivity contribution >= 4 is 15.7 Å². The third kappa shape index (κ3) is 4.84. The smallest absolute Gasteiger partial charge is 0.254 e. The maximum Gasteiger partial charge on any atom is 0.254 e. The summed E-state index contributed by atoms with van der Waals surface area (Å²) in [5.74, 6) is 1.08. The first-order chi connectivity index (χ1) is 14.4. The molecule has 30 heavy (non-hydrogen) atoms. The van der Waals surface area contributed by atoms with Crippen LogP contribution in [0.4, 0.5) is 0 Å². The van der Waals surface area contributed by atoms with E-state index in [0.29, 0.717) is 23.1 Å². The number of nitrogens with zero attached hydrogens (tertiary/aromatic N) is 2. The average Bonchev–Trinajstić information content (AvgIpc) is 3.40. The van der Waals surface area contributed by atoms with E-state index in [-0.39, 0.29) is 10.8 Å². The van der Waals surface area contributed by atoms with Crippen LogP contribution in [-0.2, 0) is 9.84 Å². The summed E-state index contributed by atoms with van der Waals surface area (Å²) in [4.78, 5) is 17.8. The molecule has 1 unspecified atom stereocenters. The van der Waals surface area contributed by atoms with Gasteiger partial charge in [0.15, 0.2) is 9.84 Å². The van der Waals surface area contributed by atoms with E-state index in [4.69, 9.17) is 4.74 Å². The Morgan fingerprint density at radius 1 is 1.00 bits per heavy atom. The largest absolute Gasteiger partial charge is 0.457 e. The summed E-state index contributed by atoms with van der Waals surface area (Å²) in [6, 6.07) is 13.8. The maximum absolute atomic E-state index is 13.1. The molecule has 0 N–H and O–H groups in total. The number of sulfone groups is 1. The Labute approximate surface area is 178 Å². The van der Waals surface area contributed by atoms with Crippen molar-refractivity contribution in [1.82, 2.24) is 9.80 Å². The van der Waals surface area contributed by atoms with E-state index in [0.717, 1.165) is 39.0 Å². The fourth-order valence-electron chi connectivity index (χ4n) is 4.29. The van der Waals surface area contributed by atoms with Crippen molar-refractivity contribution in [2.24, 2.45) is 0 Å². The molecule has 4 rings (SSSR count). The lowest BCUT2D eigenvalue weighted by molar-refractivity contribution is 0.0708. The molecule has 0 aliphatic carbocycles. The zero-order valence-corrected chi connectivity index (χ0v) is 18.1. The summed E-state index contributed by atoms with van der Waals surface area (Å²) in [5.41, 5.74) is 0.653. The van der Waals surface area contributed by atoms with Crippen LogP contribution < -0.4 is 4.74 Å². The Kier molecular flexibility index (Phi) is 6.11. The molecule has 6 nitrogen and oxygen atoms in total. The van der Waals surface area contributed by atoms with Gasteiger partial charge in [-0.15, -0.1) is 0 Å². The van der Waals surface area contributed by atoms with E-state index in [1.807, 2.05) is 4.90 Å². The predicted molar refractivity (Wildman–Crippen MR) is 116 cm³/mol. The minimum atomic E-state index is -3.29. The minimum absolute atomic E-state index is 0.0716. The number of amides is 1. The summed E-state index contributed by atoms with van der Waals surface area (Å²) in [5, 5.41) is 0. The molecule has 0 saturated carbocycles. The van der Waals surface area contributed by atoms with Gasteiger partial charge in [-0.1, -0.05) is 6.07 Å². The van der Waals surface area contributed by atoms with Crippen molar-refractivity contribution in [1.29, 1.82) is 0 Å². The topological polar surface area (TPSA) is 66.9 Å². The van der Waals surface area contributed by atoms with Crippen LogP contribution in [0.25, 0.3) is 0 Å². The molecule has 2 heterocycles. The second-order valence-corrected chi connectivity index (χ2v) is 10.2. The van der Waals surface area contributed by atoms with Crippen LogP contribution in [0.3, 0.4) is 0 Å². The monoisotopic (exact) mass is 428 g/mol. The summed E-state index contributed by atoms with van der Waals surface area (Å²) < 4.78 is 29.2. The van der Waals surface area contributed by atoms with Gasteiger partial charge in [0.25, 0.3) is 5.91 Å². The first-order valence-corrected chi connectivity index (χ1v) is 12.4. The molecule has 2 aromatic rings. The Balaban J connectivity index is 1.42. The van der Waals surface area contributed by atoms with Gasteiger partial charge in [0.05, 0.1) is 4.90 Å². The predicted octanol–water partition coefficient (Wildman–Crippen LogP) is 3.58. The second-order valence-electron chi connectivity index (χ2n) is 8.18. The molecule has 0 spiro atoms.